The molecule has 1 aliphatic heterocycles. The lowest BCUT2D eigenvalue weighted by Gasteiger charge is -2.32. The van der Waals surface area contributed by atoms with Gasteiger partial charge in [-0.2, -0.15) is 10.1 Å². The third kappa shape index (κ3) is 4.33. The molecule has 1 N–H and O–H groups in total. The number of hydrogen-bond acceptors (Lipinski definition) is 5. The van der Waals surface area contributed by atoms with Crippen molar-refractivity contribution in [2.24, 2.45) is 10.5 Å². The number of para-hydroxylation sites is 1. The number of nitrogens with zero attached hydrogens (tertiary/aromatic N) is 2. The van der Waals surface area contributed by atoms with Crippen molar-refractivity contribution in [1.29, 1.82) is 0 Å². The fourth-order valence-electron chi connectivity index (χ4n) is 5.57. The Balaban J connectivity index is 1.65. The largest absolute Gasteiger partial charge is 0.463 e. The Morgan fingerprint density at radius 2 is 1.59 bits per heavy atom. The van der Waals surface area contributed by atoms with Crippen LogP contribution in [0.15, 0.2) is 107 Å². The average molecular weight is 494 g/mol. The highest BCUT2D eigenvalue weighted by atomic mass is 16.5. The number of nitrogens with one attached hydrogen (secondary N) is 1. The first-order chi connectivity index (χ1) is 18.1. The molecule has 2 aliphatic rings. The molecule has 6 nitrogen and oxygen atoms in total. The predicted octanol–water partition coefficient (Wildman–Crippen LogP) is 5.58. The molecule has 3 aromatic carbocycles. The van der Waals surface area contributed by atoms with Crippen molar-refractivity contribution >= 4 is 23.3 Å². The summed E-state index contributed by atoms with van der Waals surface area (Å²) in [6, 6.07) is 29.3. The van der Waals surface area contributed by atoms with E-state index in [4.69, 9.17) is 9.84 Å². The Hall–Kier alpha value is -4.19. The summed E-state index contributed by atoms with van der Waals surface area (Å²) < 4.78 is 5.58. The number of hydrogen-bond donors (Lipinski definition) is 1. The highest BCUT2D eigenvalue weighted by Gasteiger charge is 2.62. The molecule has 0 aromatic heterocycles. The molecule has 0 radical (unpaired) electrons. The van der Waals surface area contributed by atoms with E-state index in [1.54, 1.807) is 6.92 Å². The monoisotopic (exact) mass is 493 g/mol. The Bertz CT molecular complexity index is 1340. The van der Waals surface area contributed by atoms with E-state index in [9.17, 15) is 9.59 Å². The van der Waals surface area contributed by atoms with Gasteiger partial charge in [0.2, 0.25) is 0 Å². The van der Waals surface area contributed by atoms with Gasteiger partial charge in [-0.1, -0.05) is 85.8 Å². The topological polar surface area (TPSA) is 71.0 Å². The number of allylic oxidation sites excluding steroid dienone is 1. The SMILES string of the molecule is CCOC(=O)C1=C(NCc2ccccc2)CC2(C(=O)N(c3ccccc3)N=C2CC)C1c1ccccc1. The zero-order valence-electron chi connectivity index (χ0n) is 21.2. The second-order valence-electron chi connectivity index (χ2n) is 9.30. The van der Waals surface area contributed by atoms with Crippen molar-refractivity contribution in [2.45, 2.75) is 39.2 Å². The van der Waals surface area contributed by atoms with Gasteiger partial charge in [-0.05, 0) is 36.6 Å². The standard InChI is InChI=1S/C31H31N3O3/c1-3-26-31(30(36)34(33-26)24-18-12-7-13-19-24)20-25(32-21-22-14-8-5-9-15-22)27(29(35)37-4-2)28(31)23-16-10-6-11-17-23/h5-19,28,32H,3-4,20-21H2,1-2H3. The molecule has 1 amide bonds. The van der Waals surface area contributed by atoms with E-state index in [1.165, 1.54) is 5.01 Å². The van der Waals surface area contributed by atoms with Crippen molar-refractivity contribution < 1.29 is 14.3 Å². The minimum atomic E-state index is -1.02. The van der Waals surface area contributed by atoms with Crippen molar-refractivity contribution in [3.05, 3.63) is 113 Å². The Morgan fingerprint density at radius 3 is 2.22 bits per heavy atom. The number of benzene rings is 3. The summed E-state index contributed by atoms with van der Waals surface area (Å²) in [6.45, 7) is 4.60. The number of anilines is 1. The van der Waals surface area contributed by atoms with Gasteiger partial charge in [0.15, 0.2) is 0 Å². The summed E-state index contributed by atoms with van der Waals surface area (Å²) in [7, 11) is 0. The van der Waals surface area contributed by atoms with Gasteiger partial charge < -0.3 is 10.1 Å². The van der Waals surface area contributed by atoms with Crippen molar-refractivity contribution in [2.75, 3.05) is 11.6 Å². The quantitative estimate of drug-likeness (QED) is 0.416. The van der Waals surface area contributed by atoms with Crippen LogP contribution in [0.5, 0.6) is 0 Å². The maximum atomic E-state index is 14.4. The normalized spacial score (nSPS) is 20.9. The molecular formula is C31H31N3O3. The van der Waals surface area contributed by atoms with Crippen LogP contribution in [0.2, 0.25) is 0 Å². The van der Waals surface area contributed by atoms with Gasteiger partial charge in [-0.3, -0.25) is 4.79 Å². The average Bonchev–Trinajstić information content (AvgIpc) is 3.44. The molecule has 0 bridgehead atoms. The number of ether oxygens (including phenoxy) is 1. The number of hydrazone groups is 1. The lowest BCUT2D eigenvalue weighted by molar-refractivity contribution is -0.139. The zero-order chi connectivity index (χ0) is 25.8. The minimum Gasteiger partial charge on any atom is -0.463 e. The molecule has 2 unspecified atom stereocenters. The Kier molecular flexibility index (Phi) is 6.91. The molecule has 0 saturated heterocycles. The second kappa shape index (κ2) is 10.4. The maximum Gasteiger partial charge on any atom is 0.336 e. The van der Waals surface area contributed by atoms with Crippen molar-refractivity contribution in [3.63, 3.8) is 0 Å². The first kappa shape index (κ1) is 24.5. The van der Waals surface area contributed by atoms with Gasteiger partial charge in [0, 0.05) is 24.6 Å². The molecule has 1 heterocycles. The van der Waals surface area contributed by atoms with Crippen LogP contribution in [-0.4, -0.2) is 24.2 Å². The van der Waals surface area contributed by atoms with Gasteiger partial charge in [0.05, 0.1) is 23.6 Å². The lowest BCUT2D eigenvalue weighted by Crippen LogP contribution is -2.43. The van der Waals surface area contributed by atoms with Crippen LogP contribution in [0.1, 0.15) is 43.7 Å². The van der Waals surface area contributed by atoms with Crippen LogP contribution < -0.4 is 10.3 Å². The molecule has 188 valence electrons. The van der Waals surface area contributed by atoms with E-state index >= 15 is 0 Å². The molecule has 0 saturated carbocycles. The molecular weight excluding hydrogens is 462 g/mol. The van der Waals surface area contributed by atoms with E-state index < -0.39 is 17.3 Å². The molecule has 6 heteroatoms. The first-order valence-corrected chi connectivity index (χ1v) is 12.8. The van der Waals surface area contributed by atoms with Crippen LogP contribution in [0, 0.1) is 5.41 Å². The first-order valence-electron chi connectivity index (χ1n) is 12.8. The van der Waals surface area contributed by atoms with Gasteiger partial charge in [-0.15, -0.1) is 0 Å². The summed E-state index contributed by atoms with van der Waals surface area (Å²) in [6.07, 6.45) is 0.933. The predicted molar refractivity (Wildman–Crippen MR) is 145 cm³/mol. The molecule has 2 atom stereocenters. The van der Waals surface area contributed by atoms with Crippen LogP contribution in [0.4, 0.5) is 5.69 Å². The number of esters is 1. The van der Waals surface area contributed by atoms with Crippen molar-refractivity contribution in [1.82, 2.24) is 5.32 Å². The summed E-state index contributed by atoms with van der Waals surface area (Å²) in [5.74, 6) is -1.04. The van der Waals surface area contributed by atoms with E-state index in [2.05, 4.69) is 5.32 Å². The van der Waals surface area contributed by atoms with E-state index in [1.807, 2.05) is 97.9 Å². The summed E-state index contributed by atoms with van der Waals surface area (Å²) in [5.41, 5.74) is 3.69. The van der Waals surface area contributed by atoms with Crippen LogP contribution in [0.3, 0.4) is 0 Å². The lowest BCUT2D eigenvalue weighted by atomic mass is 9.67. The van der Waals surface area contributed by atoms with Gasteiger partial charge >= 0.3 is 5.97 Å². The van der Waals surface area contributed by atoms with Crippen LogP contribution >= 0.6 is 0 Å². The number of amides is 1. The fourth-order valence-corrected chi connectivity index (χ4v) is 5.57. The van der Waals surface area contributed by atoms with E-state index in [0.717, 1.165) is 22.5 Å². The maximum absolute atomic E-state index is 14.4. The van der Waals surface area contributed by atoms with E-state index in [0.29, 0.717) is 30.6 Å². The number of carbonyl (C=O) groups excluding carboxylic acids is 2. The molecule has 1 aliphatic carbocycles. The summed E-state index contributed by atoms with van der Waals surface area (Å²) in [5, 5.41) is 9.88. The molecule has 5 rings (SSSR count). The third-order valence-corrected chi connectivity index (χ3v) is 7.18. The Morgan fingerprint density at radius 1 is 0.973 bits per heavy atom. The van der Waals surface area contributed by atoms with Gasteiger partial charge in [0.25, 0.3) is 5.91 Å². The molecule has 3 aromatic rings. The number of carbonyl (C=O) groups is 2. The summed E-state index contributed by atoms with van der Waals surface area (Å²) in [4.78, 5) is 28.0. The highest BCUT2D eigenvalue weighted by molar-refractivity contribution is 6.22. The fraction of sp³-hybridized carbons (Fsp3) is 0.258. The van der Waals surface area contributed by atoms with Gasteiger partial charge in [0.1, 0.15) is 5.41 Å². The second-order valence-corrected chi connectivity index (χ2v) is 9.30. The minimum absolute atomic E-state index is 0.122. The van der Waals surface area contributed by atoms with Crippen LogP contribution in [0.25, 0.3) is 0 Å². The zero-order valence-corrected chi connectivity index (χ0v) is 21.2. The Labute approximate surface area is 217 Å². The van der Waals surface area contributed by atoms with E-state index in [-0.39, 0.29) is 12.5 Å². The van der Waals surface area contributed by atoms with Gasteiger partial charge in [-0.25, -0.2) is 4.79 Å². The van der Waals surface area contributed by atoms with Crippen LogP contribution in [-0.2, 0) is 20.9 Å². The summed E-state index contributed by atoms with van der Waals surface area (Å²) >= 11 is 0. The highest BCUT2D eigenvalue weighted by Crippen LogP contribution is 2.57. The number of rotatable bonds is 8. The molecule has 1 spiro atoms. The van der Waals surface area contributed by atoms with Crippen molar-refractivity contribution in [3.8, 4) is 0 Å². The molecule has 0 fully saturated rings. The molecule has 37 heavy (non-hydrogen) atoms. The third-order valence-electron chi connectivity index (χ3n) is 7.18. The smallest absolute Gasteiger partial charge is 0.336 e.